The molecule has 0 aromatic heterocycles. The highest BCUT2D eigenvalue weighted by Crippen LogP contribution is 2.32. The third kappa shape index (κ3) is 5.41. The lowest BCUT2D eigenvalue weighted by Gasteiger charge is -2.28. The van der Waals surface area contributed by atoms with Gasteiger partial charge in [0.25, 0.3) is 5.91 Å². The van der Waals surface area contributed by atoms with Crippen LogP contribution in [0.4, 0.5) is 22.0 Å². The average Bonchev–Trinajstić information content (AvgIpc) is 2.64. The van der Waals surface area contributed by atoms with Crippen LogP contribution in [-0.2, 0) is 10.9 Å². The summed E-state index contributed by atoms with van der Waals surface area (Å²) in [4.78, 5) is 13.9. The second kappa shape index (κ2) is 9.01. The maximum absolute atomic E-state index is 13.0. The zero-order valence-corrected chi connectivity index (χ0v) is 15.0. The van der Waals surface area contributed by atoms with Crippen LogP contribution in [0.2, 0.25) is 0 Å². The summed E-state index contributed by atoms with van der Waals surface area (Å²) in [5.41, 5.74) is -0.414. The Hall–Kier alpha value is -2.68. The number of alkyl halides is 5. The topological polar surface area (TPSA) is 38.8 Å². The Morgan fingerprint density at radius 1 is 1.11 bits per heavy atom. The van der Waals surface area contributed by atoms with Crippen LogP contribution in [0.3, 0.4) is 0 Å². The molecule has 1 unspecified atom stereocenters. The number of hydrogen-bond acceptors (Lipinski definition) is 3. The lowest BCUT2D eigenvalue weighted by molar-refractivity contribution is -0.137. The Balaban J connectivity index is 2.27. The van der Waals surface area contributed by atoms with E-state index in [0.29, 0.717) is 0 Å². The number of carbonyl (C=O) groups excluding carboxylic acids is 1. The Kier molecular flexibility index (Phi) is 6.95. The van der Waals surface area contributed by atoms with Gasteiger partial charge in [-0.05, 0) is 42.0 Å². The van der Waals surface area contributed by atoms with Crippen molar-refractivity contribution in [3.63, 3.8) is 0 Å². The smallest absolute Gasteiger partial charge is 0.416 e. The van der Waals surface area contributed by atoms with Gasteiger partial charge in [0.05, 0.1) is 18.2 Å². The molecule has 2 aromatic rings. The van der Waals surface area contributed by atoms with E-state index in [0.717, 1.165) is 12.1 Å². The number of hydrogen-bond donors (Lipinski definition) is 0. The third-order valence-corrected chi connectivity index (χ3v) is 4.04. The molecule has 4 nitrogen and oxygen atoms in total. The van der Waals surface area contributed by atoms with Gasteiger partial charge >= 0.3 is 12.8 Å². The molecule has 0 spiro atoms. The Labute approximate surface area is 158 Å². The minimum absolute atomic E-state index is 0.0316. The van der Waals surface area contributed by atoms with Crippen LogP contribution in [0.5, 0.6) is 5.75 Å². The molecule has 0 aliphatic carbocycles. The van der Waals surface area contributed by atoms with Crippen LogP contribution in [0.15, 0.2) is 48.5 Å². The minimum Gasteiger partial charge on any atom is -0.435 e. The number of ether oxygens (including phenoxy) is 2. The average molecular weight is 403 g/mol. The van der Waals surface area contributed by atoms with Gasteiger partial charge in [-0.15, -0.1) is 0 Å². The molecular formula is C19H18F5NO3. The highest BCUT2D eigenvalue weighted by molar-refractivity contribution is 5.94. The number of nitrogens with zero attached hydrogens (tertiary/aromatic N) is 1. The largest absolute Gasteiger partial charge is 0.435 e. The Bertz CT molecular complexity index is 793. The summed E-state index contributed by atoms with van der Waals surface area (Å²) >= 11 is 0. The van der Waals surface area contributed by atoms with Gasteiger partial charge in [0, 0.05) is 19.7 Å². The second-order valence-corrected chi connectivity index (χ2v) is 5.91. The van der Waals surface area contributed by atoms with Gasteiger partial charge in [-0.1, -0.05) is 12.1 Å². The minimum atomic E-state index is -4.52. The van der Waals surface area contributed by atoms with E-state index in [1.165, 1.54) is 55.5 Å². The number of amides is 1. The molecule has 1 atom stereocenters. The molecule has 0 aliphatic heterocycles. The van der Waals surface area contributed by atoms with E-state index >= 15 is 0 Å². The summed E-state index contributed by atoms with van der Waals surface area (Å²) in [5.74, 6) is -0.622. The van der Waals surface area contributed by atoms with Crippen molar-refractivity contribution in [1.29, 1.82) is 0 Å². The number of likely N-dealkylation sites (N-methyl/N-ethyl adjacent to an activating group) is 1. The van der Waals surface area contributed by atoms with Gasteiger partial charge in [0.2, 0.25) is 0 Å². The highest BCUT2D eigenvalue weighted by atomic mass is 19.4. The van der Waals surface area contributed by atoms with Crippen LogP contribution in [0.25, 0.3) is 0 Å². The molecule has 0 radical (unpaired) electrons. The van der Waals surface area contributed by atoms with Crippen LogP contribution in [-0.4, -0.2) is 38.2 Å². The molecule has 0 saturated heterocycles. The van der Waals surface area contributed by atoms with Crippen LogP contribution >= 0.6 is 0 Å². The molecule has 2 rings (SSSR count). The molecule has 28 heavy (non-hydrogen) atoms. The zero-order chi connectivity index (χ0) is 20.9. The maximum atomic E-state index is 13.0. The van der Waals surface area contributed by atoms with Crippen molar-refractivity contribution >= 4 is 5.91 Å². The van der Waals surface area contributed by atoms with Gasteiger partial charge in [0.1, 0.15) is 5.75 Å². The normalized spacial score (nSPS) is 12.7. The predicted octanol–water partition coefficient (Wildman–Crippen LogP) is 4.77. The van der Waals surface area contributed by atoms with Crippen molar-refractivity contribution in [1.82, 2.24) is 4.90 Å². The standard InChI is InChI=1S/C19H18F5NO3/c1-25(17(26)12-6-8-15(9-7-12)28-18(20)21)16(11-27-2)13-4-3-5-14(10-13)19(22,23)24/h3-10,16,18H,11H2,1-2H3. The van der Waals surface area contributed by atoms with Crippen LogP contribution in [0, 0.1) is 0 Å². The first-order valence-electron chi connectivity index (χ1n) is 8.11. The number of methoxy groups -OCH3 is 1. The molecule has 2 aromatic carbocycles. The molecule has 0 heterocycles. The van der Waals surface area contributed by atoms with E-state index in [1.54, 1.807) is 0 Å². The summed E-state index contributed by atoms with van der Waals surface area (Å²) in [6.45, 7) is -3.02. The van der Waals surface area contributed by atoms with Crippen molar-refractivity contribution in [2.75, 3.05) is 20.8 Å². The first kappa shape index (κ1) is 21.6. The van der Waals surface area contributed by atoms with E-state index < -0.39 is 30.3 Å². The number of halogens is 5. The van der Waals surface area contributed by atoms with E-state index in [1.807, 2.05) is 0 Å². The fourth-order valence-electron chi connectivity index (χ4n) is 2.64. The fraction of sp³-hybridized carbons (Fsp3) is 0.316. The predicted molar refractivity (Wildman–Crippen MR) is 91.2 cm³/mol. The van der Waals surface area contributed by atoms with Gasteiger partial charge in [-0.25, -0.2) is 0 Å². The molecule has 0 saturated carbocycles. The van der Waals surface area contributed by atoms with Crippen molar-refractivity contribution in [2.45, 2.75) is 18.8 Å². The third-order valence-electron chi connectivity index (χ3n) is 4.04. The highest BCUT2D eigenvalue weighted by Gasteiger charge is 2.32. The molecule has 0 aliphatic rings. The zero-order valence-electron chi connectivity index (χ0n) is 15.0. The first-order chi connectivity index (χ1) is 13.1. The second-order valence-electron chi connectivity index (χ2n) is 5.91. The van der Waals surface area contributed by atoms with Gasteiger partial charge < -0.3 is 14.4 Å². The summed E-state index contributed by atoms with van der Waals surface area (Å²) in [5, 5.41) is 0. The molecule has 152 valence electrons. The molecule has 9 heteroatoms. The summed E-state index contributed by atoms with van der Waals surface area (Å²) in [6, 6.07) is 8.88. The molecular weight excluding hydrogens is 385 g/mol. The monoisotopic (exact) mass is 403 g/mol. The summed E-state index contributed by atoms with van der Waals surface area (Å²) in [6.07, 6.45) is -4.52. The van der Waals surface area contributed by atoms with E-state index in [-0.39, 0.29) is 23.5 Å². The SMILES string of the molecule is COCC(c1cccc(C(F)(F)F)c1)N(C)C(=O)c1ccc(OC(F)F)cc1. The van der Waals surface area contributed by atoms with Crippen molar-refractivity contribution < 1.29 is 36.2 Å². The van der Waals surface area contributed by atoms with E-state index in [2.05, 4.69) is 4.74 Å². The molecule has 0 bridgehead atoms. The van der Waals surface area contributed by atoms with Crippen LogP contribution in [0.1, 0.15) is 27.5 Å². The molecule has 0 fully saturated rings. The quantitative estimate of drug-likeness (QED) is 0.626. The van der Waals surface area contributed by atoms with Crippen LogP contribution < -0.4 is 4.74 Å². The van der Waals surface area contributed by atoms with Crippen molar-refractivity contribution in [3.8, 4) is 5.75 Å². The maximum Gasteiger partial charge on any atom is 0.416 e. The number of benzene rings is 2. The first-order valence-corrected chi connectivity index (χ1v) is 8.11. The summed E-state index contributed by atoms with van der Waals surface area (Å²) < 4.78 is 72.7. The van der Waals surface area contributed by atoms with E-state index in [4.69, 9.17) is 4.74 Å². The Morgan fingerprint density at radius 3 is 2.29 bits per heavy atom. The van der Waals surface area contributed by atoms with E-state index in [9.17, 15) is 26.7 Å². The fourth-order valence-corrected chi connectivity index (χ4v) is 2.64. The van der Waals surface area contributed by atoms with Gasteiger partial charge in [-0.3, -0.25) is 4.79 Å². The van der Waals surface area contributed by atoms with Crippen molar-refractivity contribution in [2.24, 2.45) is 0 Å². The number of carbonyl (C=O) groups is 1. The molecule has 1 amide bonds. The molecule has 0 N–H and O–H groups in total. The van der Waals surface area contributed by atoms with Gasteiger partial charge in [-0.2, -0.15) is 22.0 Å². The number of rotatable bonds is 7. The summed E-state index contributed by atoms with van der Waals surface area (Å²) in [7, 11) is 2.80. The lowest BCUT2D eigenvalue weighted by atomic mass is 10.0. The lowest BCUT2D eigenvalue weighted by Crippen LogP contribution is -2.34. The van der Waals surface area contributed by atoms with Gasteiger partial charge in [0.15, 0.2) is 0 Å². The Morgan fingerprint density at radius 2 is 1.75 bits per heavy atom. The van der Waals surface area contributed by atoms with Crippen molar-refractivity contribution in [3.05, 3.63) is 65.2 Å².